The summed E-state index contributed by atoms with van der Waals surface area (Å²) in [5, 5.41) is 4.38. The minimum absolute atomic E-state index is 0.285. The van der Waals surface area contributed by atoms with Gasteiger partial charge in [-0.15, -0.1) is 0 Å². The van der Waals surface area contributed by atoms with Crippen LogP contribution in [0.2, 0.25) is 5.02 Å². The fraction of sp³-hybridized carbons (Fsp3) is 0.294. The van der Waals surface area contributed by atoms with Crippen molar-refractivity contribution >= 4 is 27.5 Å². The van der Waals surface area contributed by atoms with Crippen LogP contribution in [0.25, 0.3) is 0 Å². The van der Waals surface area contributed by atoms with Gasteiger partial charge in [-0.3, -0.25) is 0 Å². The topological polar surface area (TPSA) is 12.0 Å². The van der Waals surface area contributed by atoms with Gasteiger partial charge in [0.2, 0.25) is 0 Å². The Morgan fingerprint density at radius 3 is 2.55 bits per heavy atom. The summed E-state index contributed by atoms with van der Waals surface area (Å²) >= 11 is 9.70. The summed E-state index contributed by atoms with van der Waals surface area (Å²) in [6.07, 6.45) is 2.08. The molecule has 0 aliphatic rings. The van der Waals surface area contributed by atoms with Gasteiger partial charge in [-0.2, -0.15) is 0 Å². The first-order chi connectivity index (χ1) is 9.69. The predicted octanol–water partition coefficient (Wildman–Crippen LogP) is 5.39. The van der Waals surface area contributed by atoms with Crippen LogP contribution in [0.3, 0.4) is 0 Å². The summed E-state index contributed by atoms with van der Waals surface area (Å²) in [6.45, 7) is 3.18. The Kier molecular flexibility index (Phi) is 6.08. The molecule has 0 amide bonds. The molecule has 0 saturated carbocycles. The van der Waals surface area contributed by atoms with Crippen molar-refractivity contribution in [1.29, 1.82) is 0 Å². The molecule has 0 aliphatic carbocycles. The van der Waals surface area contributed by atoms with Gasteiger partial charge in [0.25, 0.3) is 0 Å². The van der Waals surface area contributed by atoms with Crippen LogP contribution in [0.4, 0.5) is 0 Å². The van der Waals surface area contributed by atoms with E-state index >= 15 is 0 Å². The Bertz CT molecular complexity index is 522. The molecule has 2 aromatic rings. The van der Waals surface area contributed by atoms with E-state index in [0.29, 0.717) is 0 Å². The molecule has 0 aromatic heterocycles. The third-order valence-electron chi connectivity index (χ3n) is 3.21. The average Bonchev–Trinajstić information content (AvgIpc) is 2.43. The number of halogens is 2. The van der Waals surface area contributed by atoms with Crippen molar-refractivity contribution in [2.75, 3.05) is 6.54 Å². The second-order valence-electron chi connectivity index (χ2n) is 4.90. The largest absolute Gasteiger partial charge is 0.310 e. The molecule has 1 nitrogen and oxygen atoms in total. The van der Waals surface area contributed by atoms with Crippen molar-refractivity contribution in [2.24, 2.45) is 0 Å². The second kappa shape index (κ2) is 7.82. The van der Waals surface area contributed by atoms with Gasteiger partial charge in [0.1, 0.15) is 0 Å². The lowest BCUT2D eigenvalue weighted by Gasteiger charge is -2.20. The molecule has 1 atom stereocenters. The Labute approximate surface area is 134 Å². The normalized spacial score (nSPS) is 12.3. The van der Waals surface area contributed by atoms with E-state index in [1.54, 1.807) is 0 Å². The SMILES string of the molecule is CCCNC(Cc1ccccc1)c1cc(Cl)cc(Br)c1. The molecule has 0 fully saturated rings. The van der Waals surface area contributed by atoms with E-state index in [1.165, 1.54) is 11.1 Å². The van der Waals surface area contributed by atoms with Gasteiger partial charge in [-0.1, -0.05) is 64.8 Å². The Balaban J connectivity index is 2.22. The highest BCUT2D eigenvalue weighted by Crippen LogP contribution is 2.26. The number of nitrogens with one attached hydrogen (secondary N) is 1. The van der Waals surface area contributed by atoms with E-state index < -0.39 is 0 Å². The zero-order valence-corrected chi connectivity index (χ0v) is 13.9. The van der Waals surface area contributed by atoms with Crippen LogP contribution in [-0.4, -0.2) is 6.54 Å². The maximum atomic E-state index is 6.17. The van der Waals surface area contributed by atoms with E-state index in [0.717, 1.165) is 28.9 Å². The highest BCUT2D eigenvalue weighted by atomic mass is 79.9. The van der Waals surface area contributed by atoms with Crippen LogP contribution in [-0.2, 0) is 6.42 Å². The monoisotopic (exact) mass is 351 g/mol. The zero-order chi connectivity index (χ0) is 14.4. The number of rotatable bonds is 6. The van der Waals surface area contributed by atoms with Crippen LogP contribution < -0.4 is 5.32 Å². The quantitative estimate of drug-likeness (QED) is 0.735. The standard InChI is InChI=1S/C17H19BrClN/c1-2-8-20-17(9-13-6-4-3-5-7-13)14-10-15(18)12-16(19)11-14/h3-7,10-12,17,20H,2,8-9H2,1H3. The molecule has 0 heterocycles. The molecular formula is C17H19BrClN. The molecular weight excluding hydrogens is 334 g/mol. The van der Waals surface area contributed by atoms with Crippen molar-refractivity contribution in [2.45, 2.75) is 25.8 Å². The minimum atomic E-state index is 0.285. The molecule has 3 heteroatoms. The van der Waals surface area contributed by atoms with Crippen LogP contribution in [0.1, 0.15) is 30.5 Å². The second-order valence-corrected chi connectivity index (χ2v) is 6.25. The Hall–Kier alpha value is -0.830. The number of hydrogen-bond donors (Lipinski definition) is 1. The first-order valence-corrected chi connectivity index (χ1v) is 8.09. The van der Waals surface area contributed by atoms with Crippen LogP contribution >= 0.6 is 27.5 Å². The molecule has 0 radical (unpaired) electrons. The van der Waals surface area contributed by atoms with E-state index in [4.69, 9.17) is 11.6 Å². The van der Waals surface area contributed by atoms with Gasteiger partial charge in [-0.25, -0.2) is 0 Å². The minimum Gasteiger partial charge on any atom is -0.310 e. The van der Waals surface area contributed by atoms with E-state index in [1.807, 2.05) is 18.2 Å². The molecule has 0 bridgehead atoms. The zero-order valence-electron chi connectivity index (χ0n) is 11.6. The summed E-state index contributed by atoms with van der Waals surface area (Å²) in [4.78, 5) is 0. The molecule has 20 heavy (non-hydrogen) atoms. The molecule has 1 N–H and O–H groups in total. The van der Waals surface area contributed by atoms with E-state index in [2.05, 4.69) is 58.5 Å². The Morgan fingerprint density at radius 2 is 1.90 bits per heavy atom. The lowest BCUT2D eigenvalue weighted by atomic mass is 9.99. The fourth-order valence-corrected chi connectivity index (χ4v) is 3.14. The molecule has 0 saturated heterocycles. The summed E-state index contributed by atoms with van der Waals surface area (Å²) in [6, 6.07) is 16.9. The molecule has 106 valence electrons. The van der Waals surface area contributed by atoms with Gasteiger partial charge in [0.15, 0.2) is 0 Å². The van der Waals surface area contributed by atoms with Crippen molar-refractivity contribution in [3.8, 4) is 0 Å². The van der Waals surface area contributed by atoms with Gasteiger partial charge >= 0.3 is 0 Å². The van der Waals surface area contributed by atoms with Crippen LogP contribution in [0, 0.1) is 0 Å². The summed E-state index contributed by atoms with van der Waals surface area (Å²) in [7, 11) is 0. The van der Waals surface area contributed by atoms with Gasteiger partial charge in [0, 0.05) is 15.5 Å². The molecule has 0 spiro atoms. The van der Waals surface area contributed by atoms with Crippen molar-refractivity contribution in [3.63, 3.8) is 0 Å². The van der Waals surface area contributed by atoms with Crippen LogP contribution in [0.15, 0.2) is 53.0 Å². The molecule has 2 rings (SSSR count). The highest BCUT2D eigenvalue weighted by Gasteiger charge is 2.12. The first-order valence-electron chi connectivity index (χ1n) is 6.92. The molecule has 1 unspecified atom stereocenters. The maximum Gasteiger partial charge on any atom is 0.0420 e. The fourth-order valence-electron chi connectivity index (χ4n) is 2.25. The summed E-state index contributed by atoms with van der Waals surface area (Å²) < 4.78 is 1.02. The molecule has 0 aliphatic heterocycles. The van der Waals surface area contributed by atoms with Gasteiger partial charge in [-0.05, 0) is 48.7 Å². The van der Waals surface area contributed by atoms with E-state index in [9.17, 15) is 0 Å². The van der Waals surface area contributed by atoms with Gasteiger partial charge < -0.3 is 5.32 Å². The lowest BCUT2D eigenvalue weighted by Crippen LogP contribution is -2.24. The smallest absolute Gasteiger partial charge is 0.0420 e. The van der Waals surface area contributed by atoms with E-state index in [-0.39, 0.29) is 6.04 Å². The van der Waals surface area contributed by atoms with Crippen LogP contribution in [0.5, 0.6) is 0 Å². The summed E-state index contributed by atoms with van der Waals surface area (Å²) in [5.74, 6) is 0. The summed E-state index contributed by atoms with van der Waals surface area (Å²) in [5.41, 5.74) is 2.55. The third kappa shape index (κ3) is 4.62. The van der Waals surface area contributed by atoms with Crippen molar-refractivity contribution in [3.05, 3.63) is 69.2 Å². The lowest BCUT2D eigenvalue weighted by molar-refractivity contribution is 0.529. The van der Waals surface area contributed by atoms with Crippen molar-refractivity contribution < 1.29 is 0 Å². The first kappa shape index (κ1) is 15.6. The highest BCUT2D eigenvalue weighted by molar-refractivity contribution is 9.10. The number of hydrogen-bond acceptors (Lipinski definition) is 1. The maximum absolute atomic E-state index is 6.17. The predicted molar refractivity (Wildman–Crippen MR) is 90.3 cm³/mol. The van der Waals surface area contributed by atoms with Crippen molar-refractivity contribution in [1.82, 2.24) is 5.32 Å². The molecule has 2 aromatic carbocycles. The Morgan fingerprint density at radius 1 is 1.15 bits per heavy atom. The number of benzene rings is 2. The van der Waals surface area contributed by atoms with Gasteiger partial charge in [0.05, 0.1) is 0 Å². The average molecular weight is 353 g/mol. The third-order valence-corrected chi connectivity index (χ3v) is 3.89.